The number of piperazine rings is 1. The van der Waals surface area contributed by atoms with Crippen LogP contribution in [0.4, 0.5) is 5.82 Å². The van der Waals surface area contributed by atoms with E-state index in [4.69, 9.17) is 9.72 Å². The van der Waals surface area contributed by atoms with Crippen molar-refractivity contribution in [2.45, 2.75) is 38.4 Å². The molecule has 4 heterocycles. The minimum atomic E-state index is -0.393. The molecule has 0 saturated carbocycles. The molecular weight excluding hydrogens is 354 g/mol. The number of β-amino-alcohol motifs (C(OH)–C–C–N with tert-alkyl or cyclic N) is 1. The largest absolute Gasteiger partial charge is 0.389 e. The zero-order chi connectivity index (χ0) is 19.3. The van der Waals surface area contributed by atoms with Crippen molar-refractivity contribution in [2.75, 3.05) is 44.2 Å². The summed E-state index contributed by atoms with van der Waals surface area (Å²) < 4.78 is 5.62. The molecule has 0 radical (unpaired) electrons. The molecule has 2 aliphatic rings. The van der Waals surface area contributed by atoms with Gasteiger partial charge in [0, 0.05) is 57.3 Å². The molecule has 2 saturated heterocycles. The second kappa shape index (κ2) is 8.94. The lowest BCUT2D eigenvalue weighted by Crippen LogP contribution is -2.50. The van der Waals surface area contributed by atoms with Crippen LogP contribution in [0.15, 0.2) is 30.5 Å². The Morgan fingerprint density at radius 1 is 1.21 bits per heavy atom. The number of anilines is 1. The Morgan fingerprint density at radius 3 is 2.75 bits per heavy atom. The van der Waals surface area contributed by atoms with Gasteiger partial charge in [-0.05, 0) is 31.4 Å². The summed E-state index contributed by atoms with van der Waals surface area (Å²) in [7, 11) is 0. The first-order valence-corrected chi connectivity index (χ1v) is 10.3. The highest BCUT2D eigenvalue weighted by Crippen LogP contribution is 2.21. The van der Waals surface area contributed by atoms with Gasteiger partial charge in [0.2, 0.25) is 0 Å². The fourth-order valence-corrected chi connectivity index (χ4v) is 3.88. The number of aryl methyl sites for hydroxylation is 1. The average Bonchev–Trinajstić information content (AvgIpc) is 3.30. The molecule has 150 valence electrons. The number of rotatable bonds is 6. The summed E-state index contributed by atoms with van der Waals surface area (Å²) in [5.41, 5.74) is 1.83. The van der Waals surface area contributed by atoms with Crippen molar-refractivity contribution < 1.29 is 9.84 Å². The van der Waals surface area contributed by atoms with Gasteiger partial charge in [-0.25, -0.2) is 9.97 Å². The standard InChI is InChI=1S/C21H29N5O2/c1-2-16-14-20(24-21(23-16)17-6-3-4-8-22-17)26-11-9-25(10-12-26)15-18(27)19-7-5-13-28-19/h3-4,6,8,14,18-19,27H,2,5,7,9-13,15H2,1H3/t18-,19-/m1/s1. The highest BCUT2D eigenvalue weighted by atomic mass is 16.5. The van der Waals surface area contributed by atoms with E-state index in [-0.39, 0.29) is 6.10 Å². The Bertz CT molecular complexity index is 759. The van der Waals surface area contributed by atoms with Gasteiger partial charge < -0.3 is 14.7 Å². The normalized spacial score (nSPS) is 21.8. The Hall–Kier alpha value is -2.09. The molecule has 7 nitrogen and oxygen atoms in total. The van der Waals surface area contributed by atoms with E-state index in [1.54, 1.807) is 6.20 Å². The summed E-state index contributed by atoms with van der Waals surface area (Å²) in [4.78, 5) is 18.5. The number of aliphatic hydroxyl groups excluding tert-OH is 1. The van der Waals surface area contributed by atoms with E-state index < -0.39 is 6.10 Å². The van der Waals surface area contributed by atoms with Gasteiger partial charge in [-0.1, -0.05) is 13.0 Å². The molecule has 2 atom stereocenters. The summed E-state index contributed by atoms with van der Waals surface area (Å²) in [6, 6.07) is 7.90. The fraction of sp³-hybridized carbons (Fsp3) is 0.571. The second-order valence-electron chi connectivity index (χ2n) is 7.52. The Balaban J connectivity index is 1.41. The van der Waals surface area contributed by atoms with Crippen LogP contribution in [0.1, 0.15) is 25.5 Å². The van der Waals surface area contributed by atoms with Gasteiger partial charge in [-0.3, -0.25) is 9.88 Å². The van der Waals surface area contributed by atoms with Crippen molar-refractivity contribution in [1.29, 1.82) is 0 Å². The number of pyridine rings is 1. The average molecular weight is 383 g/mol. The third-order valence-electron chi connectivity index (χ3n) is 5.56. The van der Waals surface area contributed by atoms with Crippen molar-refractivity contribution in [2.24, 2.45) is 0 Å². The van der Waals surface area contributed by atoms with Gasteiger partial charge in [0.25, 0.3) is 0 Å². The molecule has 2 fully saturated rings. The predicted octanol–water partition coefficient (Wildman–Crippen LogP) is 1.76. The van der Waals surface area contributed by atoms with E-state index in [1.807, 2.05) is 18.2 Å². The lowest BCUT2D eigenvalue weighted by molar-refractivity contribution is -0.0190. The van der Waals surface area contributed by atoms with Gasteiger partial charge in [0.05, 0.1) is 12.2 Å². The molecule has 4 rings (SSSR count). The quantitative estimate of drug-likeness (QED) is 0.815. The summed E-state index contributed by atoms with van der Waals surface area (Å²) in [6.07, 6.45) is 4.28. The molecule has 0 spiro atoms. The lowest BCUT2D eigenvalue weighted by atomic mass is 10.1. The Labute approximate surface area is 166 Å². The minimum Gasteiger partial charge on any atom is -0.389 e. The highest BCUT2D eigenvalue weighted by Gasteiger charge is 2.27. The van der Waals surface area contributed by atoms with Crippen molar-refractivity contribution in [3.63, 3.8) is 0 Å². The summed E-state index contributed by atoms with van der Waals surface area (Å²) >= 11 is 0. The van der Waals surface area contributed by atoms with E-state index in [2.05, 4.69) is 32.8 Å². The molecule has 1 N–H and O–H groups in total. The van der Waals surface area contributed by atoms with Crippen LogP contribution in [0.2, 0.25) is 0 Å². The van der Waals surface area contributed by atoms with Gasteiger partial charge in [-0.15, -0.1) is 0 Å². The maximum absolute atomic E-state index is 10.4. The van der Waals surface area contributed by atoms with Gasteiger partial charge in [-0.2, -0.15) is 0 Å². The smallest absolute Gasteiger partial charge is 0.180 e. The lowest BCUT2D eigenvalue weighted by Gasteiger charge is -2.37. The van der Waals surface area contributed by atoms with Crippen LogP contribution in [0.3, 0.4) is 0 Å². The molecule has 2 aromatic rings. The van der Waals surface area contributed by atoms with E-state index in [0.717, 1.165) is 69.3 Å². The van der Waals surface area contributed by atoms with Crippen LogP contribution in [0, 0.1) is 0 Å². The molecular formula is C21H29N5O2. The van der Waals surface area contributed by atoms with Gasteiger partial charge in [0.15, 0.2) is 5.82 Å². The fourth-order valence-electron chi connectivity index (χ4n) is 3.88. The number of ether oxygens (including phenoxy) is 1. The first kappa shape index (κ1) is 19.2. The number of aromatic nitrogens is 3. The molecule has 0 aromatic carbocycles. The van der Waals surface area contributed by atoms with Gasteiger partial charge in [0.1, 0.15) is 11.5 Å². The maximum Gasteiger partial charge on any atom is 0.180 e. The van der Waals surface area contributed by atoms with Crippen molar-refractivity contribution in [1.82, 2.24) is 19.9 Å². The van der Waals surface area contributed by atoms with Crippen LogP contribution in [-0.2, 0) is 11.2 Å². The molecule has 28 heavy (non-hydrogen) atoms. The van der Waals surface area contributed by atoms with Crippen LogP contribution in [0.25, 0.3) is 11.5 Å². The molecule has 0 unspecified atom stereocenters. The number of aliphatic hydroxyl groups is 1. The van der Waals surface area contributed by atoms with Crippen LogP contribution < -0.4 is 4.90 Å². The number of hydrogen-bond acceptors (Lipinski definition) is 7. The summed E-state index contributed by atoms with van der Waals surface area (Å²) in [5.74, 6) is 1.65. The number of hydrogen-bond donors (Lipinski definition) is 1. The van der Waals surface area contributed by atoms with Crippen molar-refractivity contribution in [3.8, 4) is 11.5 Å². The third kappa shape index (κ3) is 4.48. The third-order valence-corrected chi connectivity index (χ3v) is 5.56. The monoisotopic (exact) mass is 383 g/mol. The first-order valence-electron chi connectivity index (χ1n) is 10.3. The highest BCUT2D eigenvalue weighted by molar-refractivity contribution is 5.54. The van der Waals surface area contributed by atoms with Crippen molar-refractivity contribution >= 4 is 5.82 Å². The maximum atomic E-state index is 10.4. The van der Waals surface area contributed by atoms with E-state index >= 15 is 0 Å². The second-order valence-corrected chi connectivity index (χ2v) is 7.52. The zero-order valence-electron chi connectivity index (χ0n) is 16.5. The zero-order valence-corrected chi connectivity index (χ0v) is 16.5. The van der Waals surface area contributed by atoms with E-state index in [9.17, 15) is 5.11 Å². The van der Waals surface area contributed by atoms with E-state index in [0.29, 0.717) is 12.4 Å². The first-order chi connectivity index (χ1) is 13.7. The predicted molar refractivity (Wildman–Crippen MR) is 108 cm³/mol. The molecule has 2 aromatic heterocycles. The van der Waals surface area contributed by atoms with Gasteiger partial charge >= 0.3 is 0 Å². The molecule has 0 aliphatic carbocycles. The summed E-state index contributed by atoms with van der Waals surface area (Å²) in [5, 5.41) is 10.4. The number of nitrogens with zero attached hydrogens (tertiary/aromatic N) is 5. The molecule has 2 aliphatic heterocycles. The SMILES string of the molecule is CCc1cc(N2CCN(C[C@@H](O)[C@H]3CCCO3)CC2)nc(-c2ccccn2)n1. The summed E-state index contributed by atoms with van der Waals surface area (Å²) in [6.45, 7) is 7.17. The Kier molecular flexibility index (Phi) is 6.14. The van der Waals surface area contributed by atoms with Crippen LogP contribution in [0.5, 0.6) is 0 Å². The molecule has 0 amide bonds. The van der Waals surface area contributed by atoms with Crippen molar-refractivity contribution in [3.05, 3.63) is 36.2 Å². The van der Waals surface area contributed by atoms with Crippen LogP contribution >= 0.6 is 0 Å². The molecule has 7 heteroatoms. The molecule has 0 bridgehead atoms. The topological polar surface area (TPSA) is 74.6 Å². The van der Waals surface area contributed by atoms with Crippen LogP contribution in [-0.4, -0.2) is 76.5 Å². The van der Waals surface area contributed by atoms with E-state index in [1.165, 1.54) is 0 Å². The Morgan fingerprint density at radius 2 is 2.07 bits per heavy atom. The minimum absolute atomic E-state index is 0.00735.